The van der Waals surface area contributed by atoms with Crippen molar-refractivity contribution >= 4 is 11.6 Å². The maximum absolute atomic E-state index is 11.9. The number of nitro benzene ring substituents is 1. The van der Waals surface area contributed by atoms with Crippen LogP contribution in [0.15, 0.2) is 30.6 Å². The molecule has 1 heterocycles. The number of aryl methyl sites for hydroxylation is 1. The van der Waals surface area contributed by atoms with Gasteiger partial charge in [0.2, 0.25) is 5.75 Å². The summed E-state index contributed by atoms with van der Waals surface area (Å²) in [6, 6.07) is 3.76. The van der Waals surface area contributed by atoms with Crippen LogP contribution in [-0.2, 0) is 6.54 Å². The summed E-state index contributed by atoms with van der Waals surface area (Å²) in [6.07, 6.45) is 3.08. The third-order valence-corrected chi connectivity index (χ3v) is 2.72. The number of aromatic hydroxyl groups is 1. The minimum absolute atomic E-state index is 0.105. The van der Waals surface area contributed by atoms with Crippen molar-refractivity contribution in [1.82, 2.24) is 15.3 Å². The monoisotopic (exact) mass is 288 g/mol. The van der Waals surface area contributed by atoms with E-state index in [1.807, 2.05) is 0 Å². The molecule has 2 rings (SSSR count). The number of amides is 1. The van der Waals surface area contributed by atoms with Gasteiger partial charge >= 0.3 is 5.69 Å². The molecule has 1 amide bonds. The maximum Gasteiger partial charge on any atom is 0.311 e. The van der Waals surface area contributed by atoms with Crippen molar-refractivity contribution in [2.75, 3.05) is 0 Å². The van der Waals surface area contributed by atoms with Gasteiger partial charge in [0, 0.05) is 12.3 Å². The van der Waals surface area contributed by atoms with E-state index < -0.39 is 22.3 Å². The highest BCUT2D eigenvalue weighted by molar-refractivity contribution is 5.97. The zero-order chi connectivity index (χ0) is 15.4. The number of nitro groups is 1. The highest BCUT2D eigenvalue weighted by Gasteiger charge is 2.20. The Hall–Kier alpha value is -3.03. The smallest absolute Gasteiger partial charge is 0.311 e. The Labute approximate surface area is 119 Å². The average molecular weight is 288 g/mol. The minimum Gasteiger partial charge on any atom is -0.502 e. The van der Waals surface area contributed by atoms with Crippen molar-refractivity contribution in [2.45, 2.75) is 13.5 Å². The molecule has 21 heavy (non-hydrogen) atoms. The van der Waals surface area contributed by atoms with Crippen LogP contribution in [0.4, 0.5) is 5.69 Å². The van der Waals surface area contributed by atoms with Crippen molar-refractivity contribution in [3.05, 3.63) is 57.7 Å². The first-order chi connectivity index (χ1) is 9.99. The van der Waals surface area contributed by atoms with Crippen molar-refractivity contribution in [2.24, 2.45) is 0 Å². The second kappa shape index (κ2) is 5.95. The first-order valence-corrected chi connectivity index (χ1v) is 6.01. The summed E-state index contributed by atoms with van der Waals surface area (Å²) in [4.78, 5) is 30.0. The molecule has 0 atom stereocenters. The lowest BCUT2D eigenvalue weighted by atomic mass is 10.1. The zero-order valence-electron chi connectivity index (χ0n) is 11.1. The molecule has 0 bridgehead atoms. The van der Waals surface area contributed by atoms with Crippen LogP contribution in [0.3, 0.4) is 0 Å². The van der Waals surface area contributed by atoms with Crippen LogP contribution in [0.5, 0.6) is 5.75 Å². The normalized spacial score (nSPS) is 10.1. The van der Waals surface area contributed by atoms with E-state index >= 15 is 0 Å². The number of carbonyl (C=O) groups is 1. The Kier molecular flexibility index (Phi) is 4.07. The highest BCUT2D eigenvalue weighted by atomic mass is 16.6. The number of rotatable bonds is 4. The zero-order valence-corrected chi connectivity index (χ0v) is 11.1. The second-order valence-corrected chi connectivity index (χ2v) is 4.26. The third-order valence-electron chi connectivity index (χ3n) is 2.72. The molecule has 0 spiro atoms. The van der Waals surface area contributed by atoms with Crippen LogP contribution in [0.25, 0.3) is 0 Å². The van der Waals surface area contributed by atoms with Gasteiger partial charge < -0.3 is 10.4 Å². The largest absolute Gasteiger partial charge is 0.502 e. The molecule has 8 nitrogen and oxygen atoms in total. The van der Waals surface area contributed by atoms with Gasteiger partial charge in [0.05, 0.1) is 34.6 Å². The van der Waals surface area contributed by atoms with Gasteiger partial charge in [-0.05, 0) is 13.0 Å². The van der Waals surface area contributed by atoms with Crippen molar-refractivity contribution in [1.29, 1.82) is 0 Å². The minimum atomic E-state index is -0.752. The number of hydrogen-bond acceptors (Lipinski definition) is 6. The number of nitrogens with zero attached hydrogens (tertiary/aromatic N) is 3. The second-order valence-electron chi connectivity index (χ2n) is 4.26. The Morgan fingerprint density at radius 1 is 1.38 bits per heavy atom. The van der Waals surface area contributed by atoms with E-state index in [1.54, 1.807) is 13.1 Å². The highest BCUT2D eigenvalue weighted by Crippen LogP contribution is 2.29. The molecule has 0 saturated heterocycles. The Balaban J connectivity index is 2.12. The van der Waals surface area contributed by atoms with Crippen molar-refractivity contribution in [3.63, 3.8) is 0 Å². The molecule has 0 aliphatic heterocycles. The van der Waals surface area contributed by atoms with Gasteiger partial charge in [-0.2, -0.15) is 0 Å². The first kappa shape index (κ1) is 14.4. The van der Waals surface area contributed by atoms with Crippen LogP contribution in [0, 0.1) is 17.0 Å². The molecule has 0 aliphatic rings. The van der Waals surface area contributed by atoms with Gasteiger partial charge in [-0.3, -0.25) is 24.9 Å². The predicted molar refractivity (Wildman–Crippen MR) is 72.7 cm³/mol. The molecule has 2 N–H and O–H groups in total. The molecule has 8 heteroatoms. The third kappa shape index (κ3) is 3.30. The molecule has 0 aliphatic carbocycles. The summed E-state index contributed by atoms with van der Waals surface area (Å²) in [5.74, 6) is -1.28. The molecule has 1 aromatic heterocycles. The summed E-state index contributed by atoms with van der Waals surface area (Å²) in [5, 5.41) is 23.0. The van der Waals surface area contributed by atoms with Crippen LogP contribution < -0.4 is 5.32 Å². The van der Waals surface area contributed by atoms with Gasteiger partial charge in [-0.1, -0.05) is 6.07 Å². The lowest BCUT2D eigenvalue weighted by Crippen LogP contribution is -2.23. The molecular formula is C13H12N4O4. The van der Waals surface area contributed by atoms with Gasteiger partial charge in [-0.15, -0.1) is 0 Å². The summed E-state index contributed by atoms with van der Waals surface area (Å²) in [5.41, 5.74) is 0.613. The Morgan fingerprint density at radius 3 is 2.76 bits per heavy atom. The van der Waals surface area contributed by atoms with Crippen LogP contribution in [0.1, 0.15) is 21.7 Å². The molecule has 108 valence electrons. The van der Waals surface area contributed by atoms with Gasteiger partial charge in [0.25, 0.3) is 5.91 Å². The SMILES string of the molecule is Cc1cnc(CNC(=O)c2cccc([N+](=O)[O-])c2O)cn1. The Bertz CT molecular complexity index is 685. The molecule has 0 saturated carbocycles. The van der Waals surface area contributed by atoms with Gasteiger partial charge in [-0.25, -0.2) is 0 Å². The number of hydrogen-bond donors (Lipinski definition) is 2. The van der Waals surface area contributed by atoms with Gasteiger partial charge in [0.1, 0.15) is 0 Å². The quantitative estimate of drug-likeness (QED) is 0.647. The summed E-state index contributed by atoms with van der Waals surface area (Å²) in [6.45, 7) is 1.89. The summed E-state index contributed by atoms with van der Waals surface area (Å²) >= 11 is 0. The van der Waals surface area contributed by atoms with E-state index in [-0.39, 0.29) is 12.1 Å². The fourth-order valence-corrected chi connectivity index (χ4v) is 1.64. The van der Waals surface area contributed by atoms with Gasteiger partial charge in [0.15, 0.2) is 0 Å². The average Bonchev–Trinajstić information content (AvgIpc) is 2.46. The number of nitrogens with one attached hydrogen (secondary N) is 1. The molecule has 0 fully saturated rings. The van der Waals surface area contributed by atoms with Crippen molar-refractivity contribution in [3.8, 4) is 5.75 Å². The van der Waals surface area contributed by atoms with E-state index in [9.17, 15) is 20.0 Å². The predicted octanol–water partition coefficient (Wildman–Crippen LogP) is 1.33. The lowest BCUT2D eigenvalue weighted by molar-refractivity contribution is -0.385. The number of phenolic OH excluding ortho intramolecular Hbond substituents is 1. The van der Waals surface area contributed by atoms with Crippen LogP contribution in [0.2, 0.25) is 0 Å². The molecule has 0 radical (unpaired) electrons. The number of benzene rings is 1. The number of phenols is 1. The van der Waals surface area contributed by atoms with E-state index in [2.05, 4.69) is 15.3 Å². The molecule has 0 unspecified atom stereocenters. The van der Waals surface area contributed by atoms with E-state index in [0.29, 0.717) is 5.69 Å². The van der Waals surface area contributed by atoms with E-state index in [1.165, 1.54) is 18.3 Å². The molecule has 2 aromatic rings. The first-order valence-electron chi connectivity index (χ1n) is 6.01. The number of carbonyl (C=O) groups excluding carboxylic acids is 1. The molecular weight excluding hydrogens is 276 g/mol. The topological polar surface area (TPSA) is 118 Å². The van der Waals surface area contributed by atoms with E-state index in [4.69, 9.17) is 0 Å². The van der Waals surface area contributed by atoms with Crippen molar-refractivity contribution < 1.29 is 14.8 Å². The lowest BCUT2D eigenvalue weighted by Gasteiger charge is -2.06. The summed E-state index contributed by atoms with van der Waals surface area (Å²) < 4.78 is 0. The van der Waals surface area contributed by atoms with Crippen LogP contribution >= 0.6 is 0 Å². The molecule has 1 aromatic carbocycles. The fourth-order valence-electron chi connectivity index (χ4n) is 1.64. The maximum atomic E-state index is 11.9. The van der Waals surface area contributed by atoms with Crippen LogP contribution in [-0.4, -0.2) is 25.9 Å². The number of para-hydroxylation sites is 1. The fraction of sp³-hybridized carbons (Fsp3) is 0.154. The standard InChI is InChI=1S/C13H12N4O4/c1-8-5-15-9(6-14-8)7-16-13(19)10-3-2-4-11(12(10)18)17(20)21/h2-6,18H,7H2,1H3,(H,16,19). The Morgan fingerprint density at radius 2 is 2.14 bits per heavy atom. The summed E-state index contributed by atoms with van der Waals surface area (Å²) in [7, 11) is 0. The number of aromatic nitrogens is 2. The van der Waals surface area contributed by atoms with E-state index in [0.717, 1.165) is 11.8 Å².